The van der Waals surface area contributed by atoms with Crippen molar-refractivity contribution in [2.24, 2.45) is 5.92 Å². The Bertz CT molecular complexity index is 279. The fourth-order valence-corrected chi connectivity index (χ4v) is 3.15. The molecular weight excluding hydrogens is 178 g/mol. The van der Waals surface area contributed by atoms with Crippen molar-refractivity contribution in [1.82, 2.24) is 4.98 Å². The number of thiazole rings is 1. The predicted octanol–water partition coefficient (Wildman–Crippen LogP) is 3.75. The molecule has 2 unspecified atom stereocenters. The Kier molecular flexibility index (Phi) is 2.68. The zero-order chi connectivity index (χ0) is 9.26. The van der Waals surface area contributed by atoms with Gasteiger partial charge in [-0.25, -0.2) is 4.98 Å². The molecule has 1 fully saturated rings. The molecule has 2 heteroatoms. The van der Waals surface area contributed by atoms with E-state index in [1.165, 1.54) is 35.6 Å². The van der Waals surface area contributed by atoms with Crippen LogP contribution in [0.4, 0.5) is 0 Å². The van der Waals surface area contributed by atoms with Crippen LogP contribution in [0.25, 0.3) is 0 Å². The van der Waals surface area contributed by atoms with E-state index >= 15 is 0 Å². The Morgan fingerprint density at radius 1 is 1.54 bits per heavy atom. The summed E-state index contributed by atoms with van der Waals surface area (Å²) in [5.74, 6) is 1.75. The molecule has 0 amide bonds. The fourth-order valence-electron chi connectivity index (χ4n) is 2.23. The Morgan fingerprint density at radius 3 is 2.92 bits per heavy atom. The Labute approximate surface area is 84.2 Å². The quantitative estimate of drug-likeness (QED) is 0.700. The normalized spacial score (nSPS) is 28.2. The first-order chi connectivity index (χ1) is 6.29. The van der Waals surface area contributed by atoms with Crippen LogP contribution in [0.5, 0.6) is 0 Å². The lowest BCUT2D eigenvalue weighted by atomic mass is 10.0. The van der Waals surface area contributed by atoms with Gasteiger partial charge in [0, 0.05) is 17.0 Å². The maximum Gasteiger partial charge on any atom is 0.0958 e. The molecular formula is C11H17NS. The molecule has 0 aromatic carbocycles. The average molecular weight is 195 g/mol. The van der Waals surface area contributed by atoms with Crippen LogP contribution in [0.15, 0.2) is 6.20 Å². The minimum absolute atomic E-state index is 0.781. The summed E-state index contributed by atoms with van der Waals surface area (Å²) in [7, 11) is 0. The third-order valence-corrected chi connectivity index (χ3v) is 4.18. The maximum absolute atomic E-state index is 4.49. The van der Waals surface area contributed by atoms with Gasteiger partial charge in [-0.2, -0.15) is 0 Å². The number of aryl methyl sites for hydroxylation is 1. The number of nitrogens with zero attached hydrogens (tertiary/aromatic N) is 1. The Hall–Kier alpha value is -0.370. The third kappa shape index (κ3) is 1.93. The van der Waals surface area contributed by atoms with E-state index in [0.717, 1.165) is 11.8 Å². The summed E-state index contributed by atoms with van der Waals surface area (Å²) in [6, 6.07) is 0. The monoisotopic (exact) mass is 195 g/mol. The van der Waals surface area contributed by atoms with Crippen LogP contribution in [0, 0.1) is 12.8 Å². The molecule has 1 saturated carbocycles. The van der Waals surface area contributed by atoms with Gasteiger partial charge in [0.15, 0.2) is 0 Å². The van der Waals surface area contributed by atoms with Crippen molar-refractivity contribution < 1.29 is 0 Å². The van der Waals surface area contributed by atoms with E-state index in [4.69, 9.17) is 0 Å². The summed E-state index contributed by atoms with van der Waals surface area (Å²) in [4.78, 5) is 5.84. The van der Waals surface area contributed by atoms with Crippen LogP contribution in [0.2, 0.25) is 0 Å². The number of rotatable bonds is 2. The van der Waals surface area contributed by atoms with Crippen LogP contribution in [-0.4, -0.2) is 4.98 Å². The van der Waals surface area contributed by atoms with Gasteiger partial charge >= 0.3 is 0 Å². The largest absolute Gasteiger partial charge is 0.249 e. The molecule has 0 spiro atoms. The van der Waals surface area contributed by atoms with Crippen molar-refractivity contribution in [3.8, 4) is 0 Å². The summed E-state index contributed by atoms with van der Waals surface area (Å²) in [6.07, 6.45) is 7.52. The second-order valence-electron chi connectivity index (χ2n) is 4.09. The molecule has 0 N–H and O–H groups in total. The summed E-state index contributed by atoms with van der Waals surface area (Å²) >= 11 is 1.89. The minimum Gasteiger partial charge on any atom is -0.249 e. The van der Waals surface area contributed by atoms with Gasteiger partial charge in [-0.05, 0) is 32.1 Å². The molecule has 13 heavy (non-hydrogen) atoms. The van der Waals surface area contributed by atoms with Crippen LogP contribution in [-0.2, 0) is 0 Å². The molecule has 1 aliphatic rings. The van der Waals surface area contributed by atoms with Gasteiger partial charge in [0.2, 0.25) is 0 Å². The van der Waals surface area contributed by atoms with Crippen molar-refractivity contribution >= 4 is 11.3 Å². The zero-order valence-electron chi connectivity index (χ0n) is 8.42. The van der Waals surface area contributed by atoms with Crippen molar-refractivity contribution in [2.45, 2.75) is 45.4 Å². The second kappa shape index (κ2) is 3.79. The van der Waals surface area contributed by atoms with Gasteiger partial charge in [-0.3, -0.25) is 0 Å². The van der Waals surface area contributed by atoms with Crippen LogP contribution < -0.4 is 0 Å². The second-order valence-corrected chi connectivity index (χ2v) is 5.36. The minimum atomic E-state index is 0.781. The molecule has 0 radical (unpaired) electrons. The van der Waals surface area contributed by atoms with Gasteiger partial charge in [-0.15, -0.1) is 11.3 Å². The van der Waals surface area contributed by atoms with E-state index < -0.39 is 0 Å². The standard InChI is InChI=1S/C11H17NS/c1-3-9-4-5-10(6-9)11-12-7-8(2)13-11/h7,9-10H,3-6H2,1-2H3. The highest BCUT2D eigenvalue weighted by Gasteiger charge is 2.26. The van der Waals surface area contributed by atoms with E-state index in [9.17, 15) is 0 Å². The number of aromatic nitrogens is 1. The summed E-state index contributed by atoms with van der Waals surface area (Å²) < 4.78 is 0. The van der Waals surface area contributed by atoms with Crippen LogP contribution >= 0.6 is 11.3 Å². The first-order valence-corrected chi connectivity index (χ1v) is 6.03. The molecule has 1 aliphatic carbocycles. The Balaban J connectivity index is 2.03. The van der Waals surface area contributed by atoms with Gasteiger partial charge in [0.25, 0.3) is 0 Å². The number of hydrogen-bond acceptors (Lipinski definition) is 2. The van der Waals surface area contributed by atoms with E-state index in [-0.39, 0.29) is 0 Å². The highest BCUT2D eigenvalue weighted by atomic mass is 32.1. The van der Waals surface area contributed by atoms with Crippen molar-refractivity contribution in [3.63, 3.8) is 0 Å². The molecule has 1 aromatic rings. The topological polar surface area (TPSA) is 12.9 Å². The van der Waals surface area contributed by atoms with E-state index in [1.54, 1.807) is 0 Å². The van der Waals surface area contributed by atoms with E-state index in [2.05, 4.69) is 18.8 Å². The van der Waals surface area contributed by atoms with Crippen molar-refractivity contribution in [2.75, 3.05) is 0 Å². The summed E-state index contributed by atoms with van der Waals surface area (Å²) in [5.41, 5.74) is 0. The van der Waals surface area contributed by atoms with Gasteiger partial charge in [0.05, 0.1) is 5.01 Å². The fraction of sp³-hybridized carbons (Fsp3) is 0.727. The highest BCUT2D eigenvalue weighted by Crippen LogP contribution is 2.40. The van der Waals surface area contributed by atoms with E-state index in [0.29, 0.717) is 0 Å². The molecule has 2 atom stereocenters. The molecule has 0 aliphatic heterocycles. The predicted molar refractivity (Wildman–Crippen MR) is 57.2 cm³/mol. The van der Waals surface area contributed by atoms with Crippen LogP contribution in [0.3, 0.4) is 0 Å². The molecule has 0 saturated heterocycles. The summed E-state index contributed by atoms with van der Waals surface area (Å²) in [5, 5.41) is 1.38. The lowest BCUT2D eigenvalue weighted by molar-refractivity contribution is 0.521. The first kappa shape index (κ1) is 9.20. The highest BCUT2D eigenvalue weighted by molar-refractivity contribution is 7.11. The SMILES string of the molecule is CCC1CCC(c2ncc(C)s2)C1. The van der Waals surface area contributed by atoms with Gasteiger partial charge in [0.1, 0.15) is 0 Å². The lowest BCUT2D eigenvalue weighted by Crippen LogP contribution is -1.93. The Morgan fingerprint density at radius 2 is 2.38 bits per heavy atom. The summed E-state index contributed by atoms with van der Waals surface area (Å²) in [6.45, 7) is 4.45. The average Bonchev–Trinajstić information content (AvgIpc) is 2.71. The first-order valence-electron chi connectivity index (χ1n) is 5.22. The van der Waals surface area contributed by atoms with E-state index in [1.807, 2.05) is 17.5 Å². The zero-order valence-corrected chi connectivity index (χ0v) is 9.23. The molecule has 1 heterocycles. The van der Waals surface area contributed by atoms with Crippen molar-refractivity contribution in [3.05, 3.63) is 16.1 Å². The lowest BCUT2D eigenvalue weighted by Gasteiger charge is -2.05. The molecule has 1 nitrogen and oxygen atoms in total. The molecule has 0 bridgehead atoms. The molecule has 72 valence electrons. The smallest absolute Gasteiger partial charge is 0.0958 e. The van der Waals surface area contributed by atoms with Gasteiger partial charge in [-0.1, -0.05) is 13.3 Å². The third-order valence-electron chi connectivity index (χ3n) is 3.11. The molecule has 2 rings (SSSR count). The van der Waals surface area contributed by atoms with Crippen molar-refractivity contribution in [1.29, 1.82) is 0 Å². The molecule has 1 aromatic heterocycles. The maximum atomic E-state index is 4.49. The number of hydrogen-bond donors (Lipinski definition) is 0. The van der Waals surface area contributed by atoms with Gasteiger partial charge < -0.3 is 0 Å². The van der Waals surface area contributed by atoms with Crippen LogP contribution in [0.1, 0.15) is 48.4 Å².